The number of primary sulfonamides is 1. The Labute approximate surface area is 120 Å². The van der Waals surface area contributed by atoms with Crippen molar-refractivity contribution in [1.29, 1.82) is 0 Å². The minimum Gasteiger partial charge on any atom is -0.363 e. The van der Waals surface area contributed by atoms with Gasteiger partial charge in [0.25, 0.3) is 0 Å². The highest BCUT2D eigenvalue weighted by molar-refractivity contribution is 7.95. The van der Waals surface area contributed by atoms with Gasteiger partial charge in [-0.25, -0.2) is 22.0 Å². The molecule has 0 bridgehead atoms. The molecule has 1 atom stereocenters. The van der Waals surface area contributed by atoms with Gasteiger partial charge in [-0.3, -0.25) is 0 Å². The first-order chi connectivity index (χ1) is 8.99. The van der Waals surface area contributed by atoms with Gasteiger partial charge >= 0.3 is 0 Å². The van der Waals surface area contributed by atoms with Gasteiger partial charge in [-0.2, -0.15) is 0 Å². The molecule has 1 aromatic heterocycles. The fourth-order valence-electron chi connectivity index (χ4n) is 2.11. The second-order valence-corrected chi connectivity index (χ2v) is 9.51. The number of nitrogens with one attached hydrogen (secondary N) is 1. The van der Waals surface area contributed by atoms with Crippen LogP contribution < -0.4 is 10.5 Å². The Hall–Kier alpha value is -0.560. The van der Waals surface area contributed by atoms with E-state index < -0.39 is 37.4 Å². The number of sulfone groups is 1. The summed E-state index contributed by atoms with van der Waals surface area (Å²) in [4.78, 5) is 0. The molecule has 8 nitrogen and oxygen atoms in total. The van der Waals surface area contributed by atoms with E-state index >= 15 is 0 Å². The molecule has 2 heterocycles. The summed E-state index contributed by atoms with van der Waals surface area (Å²) < 4.78 is 46.2. The lowest BCUT2D eigenvalue weighted by Crippen LogP contribution is -2.51. The van der Waals surface area contributed by atoms with Gasteiger partial charge in [-0.15, -0.1) is 11.3 Å². The molecule has 5 N–H and O–H groups in total. The molecule has 1 aliphatic heterocycles. The minimum atomic E-state index is -4.06. The van der Waals surface area contributed by atoms with Gasteiger partial charge in [0, 0.05) is 5.56 Å². The zero-order chi connectivity index (χ0) is 15.3. The summed E-state index contributed by atoms with van der Waals surface area (Å²) in [6.45, 7) is 2.04. The highest BCUT2D eigenvalue weighted by Gasteiger charge is 2.48. The number of sulfonamides is 1. The highest BCUT2D eigenvalue weighted by atomic mass is 32.3. The number of fused-ring (bicyclic) bond motifs is 1. The maximum absolute atomic E-state index is 12.0. The number of likely N-dealkylation sites (N-methyl/N-ethyl adjacent to an activating group) is 1. The van der Waals surface area contributed by atoms with Crippen molar-refractivity contribution in [3.05, 3.63) is 11.6 Å². The molecule has 114 valence electrons. The van der Waals surface area contributed by atoms with Crippen LogP contribution in [0.1, 0.15) is 18.5 Å². The first kappa shape index (κ1) is 15.8. The van der Waals surface area contributed by atoms with Gasteiger partial charge in [0.2, 0.25) is 10.0 Å². The molecule has 0 radical (unpaired) electrons. The van der Waals surface area contributed by atoms with Crippen LogP contribution in [0, 0.1) is 0 Å². The molecule has 0 saturated heterocycles. The molecular weight excluding hydrogens is 328 g/mol. The van der Waals surface area contributed by atoms with Crippen molar-refractivity contribution in [3.63, 3.8) is 0 Å². The maximum Gasteiger partial charge on any atom is 0.247 e. The molecule has 1 aliphatic rings. The van der Waals surface area contributed by atoms with E-state index in [1.54, 1.807) is 6.92 Å². The summed E-state index contributed by atoms with van der Waals surface area (Å²) in [5, 5.41) is 27.5. The molecule has 11 heteroatoms. The third-order valence-electron chi connectivity index (χ3n) is 2.85. The number of nitrogens with two attached hydrogens (primary N) is 1. The van der Waals surface area contributed by atoms with Crippen LogP contribution in [-0.4, -0.2) is 45.1 Å². The van der Waals surface area contributed by atoms with E-state index in [2.05, 4.69) is 5.32 Å². The smallest absolute Gasteiger partial charge is 0.247 e. The second-order valence-electron chi connectivity index (χ2n) is 4.48. The van der Waals surface area contributed by atoms with Crippen LogP contribution in [0.25, 0.3) is 0 Å². The molecular formula is C9H14N2O6S3. The van der Waals surface area contributed by atoms with Gasteiger partial charge in [0.1, 0.15) is 14.2 Å². The van der Waals surface area contributed by atoms with E-state index in [1.807, 2.05) is 0 Å². The fourth-order valence-corrected chi connectivity index (χ4v) is 6.28. The van der Waals surface area contributed by atoms with Crippen molar-refractivity contribution in [3.8, 4) is 0 Å². The molecule has 0 aliphatic carbocycles. The molecule has 0 saturated carbocycles. The third kappa shape index (κ3) is 2.62. The van der Waals surface area contributed by atoms with Crippen molar-refractivity contribution in [2.75, 3.05) is 12.3 Å². The summed E-state index contributed by atoms with van der Waals surface area (Å²) in [5.74, 6) is -3.42. The van der Waals surface area contributed by atoms with Gasteiger partial charge in [0.05, 0.1) is 6.04 Å². The minimum absolute atomic E-state index is 0.0112. The topological polar surface area (TPSA) is 147 Å². The Morgan fingerprint density at radius 1 is 1.55 bits per heavy atom. The highest BCUT2D eigenvalue weighted by Crippen LogP contribution is 2.42. The molecule has 1 unspecified atom stereocenters. The van der Waals surface area contributed by atoms with Gasteiger partial charge < -0.3 is 15.5 Å². The van der Waals surface area contributed by atoms with Gasteiger partial charge in [-0.05, 0) is 12.6 Å². The normalized spacial score (nSPS) is 24.3. The average molecular weight is 342 g/mol. The maximum atomic E-state index is 12.0. The standard InChI is InChI=1S/C9H14N2O6S3/c1-2-11-7-5-3-6(20(10,16)17)18-8(5)19(14,15)4-9(7,12)13/h3,7,11-13H,2,4H2,1H3,(H2,10,16,17). The van der Waals surface area contributed by atoms with Crippen molar-refractivity contribution in [1.82, 2.24) is 5.32 Å². The van der Waals surface area contributed by atoms with Crippen molar-refractivity contribution >= 4 is 31.2 Å². The Bertz CT molecular complexity index is 734. The van der Waals surface area contributed by atoms with Gasteiger partial charge in [-0.1, -0.05) is 6.92 Å². The lowest BCUT2D eigenvalue weighted by molar-refractivity contribution is -0.168. The summed E-state index contributed by atoms with van der Waals surface area (Å²) in [6.07, 6.45) is 0. The lowest BCUT2D eigenvalue weighted by Gasteiger charge is -2.35. The molecule has 0 amide bonds. The summed E-state index contributed by atoms with van der Waals surface area (Å²) in [7, 11) is -8.04. The van der Waals surface area contributed by atoms with Crippen LogP contribution in [0.4, 0.5) is 0 Å². The number of thiophene rings is 1. The zero-order valence-corrected chi connectivity index (χ0v) is 12.8. The van der Waals surface area contributed by atoms with E-state index in [4.69, 9.17) is 5.14 Å². The van der Waals surface area contributed by atoms with E-state index in [-0.39, 0.29) is 14.0 Å². The van der Waals surface area contributed by atoms with Crippen LogP contribution in [0.5, 0.6) is 0 Å². The predicted octanol–water partition coefficient (Wildman–Crippen LogP) is -1.49. The number of rotatable bonds is 3. The van der Waals surface area contributed by atoms with E-state index in [0.717, 1.165) is 6.07 Å². The number of hydrogen-bond donors (Lipinski definition) is 4. The Balaban J connectivity index is 2.71. The van der Waals surface area contributed by atoms with Crippen LogP contribution >= 0.6 is 11.3 Å². The van der Waals surface area contributed by atoms with Gasteiger partial charge in [0.15, 0.2) is 15.6 Å². The molecule has 2 rings (SSSR count). The van der Waals surface area contributed by atoms with E-state index in [0.29, 0.717) is 17.9 Å². The van der Waals surface area contributed by atoms with E-state index in [9.17, 15) is 27.0 Å². The first-order valence-electron chi connectivity index (χ1n) is 5.56. The SMILES string of the molecule is CCNC1c2cc(S(N)(=O)=O)sc2S(=O)(=O)CC1(O)O. The quantitative estimate of drug-likeness (QED) is 0.489. The monoisotopic (exact) mass is 342 g/mol. The molecule has 1 aromatic rings. The Morgan fingerprint density at radius 3 is 2.65 bits per heavy atom. The zero-order valence-electron chi connectivity index (χ0n) is 10.4. The fraction of sp³-hybridized carbons (Fsp3) is 0.556. The predicted molar refractivity (Wildman–Crippen MR) is 71.3 cm³/mol. The van der Waals surface area contributed by atoms with Crippen LogP contribution in [-0.2, 0) is 19.9 Å². The first-order valence-corrected chi connectivity index (χ1v) is 9.58. The largest absolute Gasteiger partial charge is 0.363 e. The molecule has 0 fully saturated rings. The summed E-state index contributed by atoms with van der Waals surface area (Å²) in [6, 6.07) is -0.0293. The molecule has 0 aromatic carbocycles. The molecule has 0 spiro atoms. The van der Waals surface area contributed by atoms with Crippen LogP contribution in [0.2, 0.25) is 0 Å². The van der Waals surface area contributed by atoms with Crippen molar-refractivity contribution < 1.29 is 27.0 Å². The number of aliphatic hydroxyl groups is 2. The Morgan fingerprint density at radius 2 is 2.15 bits per heavy atom. The van der Waals surface area contributed by atoms with Crippen LogP contribution in [0.15, 0.2) is 14.5 Å². The number of hydrogen-bond acceptors (Lipinski definition) is 8. The van der Waals surface area contributed by atoms with Crippen LogP contribution in [0.3, 0.4) is 0 Å². The van der Waals surface area contributed by atoms with Crippen molar-refractivity contribution in [2.24, 2.45) is 5.14 Å². The molecule has 20 heavy (non-hydrogen) atoms. The van der Waals surface area contributed by atoms with Crippen molar-refractivity contribution in [2.45, 2.75) is 27.2 Å². The second kappa shape index (κ2) is 4.73. The third-order valence-corrected chi connectivity index (χ3v) is 7.83. The lowest BCUT2D eigenvalue weighted by atomic mass is 10.0. The summed E-state index contributed by atoms with van der Waals surface area (Å²) >= 11 is 0.516. The summed E-state index contributed by atoms with van der Waals surface area (Å²) in [5.41, 5.74) is 0.0112. The van der Waals surface area contributed by atoms with E-state index in [1.165, 1.54) is 0 Å². The average Bonchev–Trinajstić information content (AvgIpc) is 2.67. The Kier molecular flexibility index (Phi) is 3.74.